The Morgan fingerprint density at radius 3 is 2.61 bits per heavy atom. The Bertz CT molecular complexity index is 1420. The number of methoxy groups -OCH3 is 1. The summed E-state index contributed by atoms with van der Waals surface area (Å²) in [7, 11) is 1.58. The van der Waals surface area contributed by atoms with Crippen LogP contribution in [0.3, 0.4) is 0 Å². The van der Waals surface area contributed by atoms with Gasteiger partial charge in [0, 0.05) is 29.8 Å². The highest BCUT2D eigenvalue weighted by atomic mass is 35.5. The number of benzene rings is 2. The van der Waals surface area contributed by atoms with E-state index in [0.717, 1.165) is 33.6 Å². The van der Waals surface area contributed by atoms with Crippen molar-refractivity contribution in [1.29, 1.82) is 0 Å². The normalized spacial score (nSPS) is 15.3. The average molecular weight is 567 g/mol. The maximum Gasteiger partial charge on any atom is 0.240 e. The lowest BCUT2D eigenvalue weighted by Gasteiger charge is -2.23. The summed E-state index contributed by atoms with van der Waals surface area (Å²) >= 11 is 9.38. The number of carbonyl (C=O) groups excluding carboxylic acids is 2. The van der Waals surface area contributed by atoms with Gasteiger partial charge in [0.2, 0.25) is 11.8 Å². The van der Waals surface area contributed by atoms with Crippen LogP contribution in [0.4, 0.5) is 5.82 Å². The third-order valence-corrected chi connectivity index (χ3v) is 8.47. The second-order valence-electron chi connectivity index (χ2n) is 8.91. The van der Waals surface area contributed by atoms with Crippen molar-refractivity contribution in [1.82, 2.24) is 15.1 Å². The van der Waals surface area contributed by atoms with Crippen molar-refractivity contribution in [2.45, 2.75) is 12.2 Å². The predicted molar refractivity (Wildman–Crippen MR) is 155 cm³/mol. The summed E-state index contributed by atoms with van der Waals surface area (Å²) in [6, 6.07) is 17.6. The van der Waals surface area contributed by atoms with E-state index >= 15 is 0 Å². The Labute approximate surface area is 234 Å². The van der Waals surface area contributed by atoms with E-state index in [1.54, 1.807) is 39.8 Å². The SMILES string of the molecule is COCCNC(=O)CN1C(=O)CS[C@H](c2ccsc2)c2c(-c3ccc(Cl)cc3)nn(-c3ccc(C)cc3)c21. The quantitative estimate of drug-likeness (QED) is 0.285. The molecule has 2 aromatic carbocycles. The molecule has 4 aromatic rings. The van der Waals surface area contributed by atoms with Crippen LogP contribution in [0.1, 0.15) is 21.9 Å². The van der Waals surface area contributed by atoms with E-state index in [-0.39, 0.29) is 29.4 Å². The summed E-state index contributed by atoms with van der Waals surface area (Å²) in [5, 5.41) is 12.6. The van der Waals surface area contributed by atoms with Crippen molar-refractivity contribution in [3.05, 3.63) is 87.1 Å². The Morgan fingerprint density at radius 2 is 1.92 bits per heavy atom. The molecule has 3 heterocycles. The maximum atomic E-state index is 13.6. The van der Waals surface area contributed by atoms with E-state index < -0.39 is 0 Å². The summed E-state index contributed by atoms with van der Waals surface area (Å²) in [6.45, 7) is 2.66. The van der Waals surface area contributed by atoms with Gasteiger partial charge in [0.1, 0.15) is 12.4 Å². The number of nitrogens with zero attached hydrogens (tertiary/aromatic N) is 3. The van der Waals surface area contributed by atoms with E-state index in [9.17, 15) is 9.59 Å². The first-order valence-corrected chi connectivity index (χ1v) is 14.5. The van der Waals surface area contributed by atoms with Crippen LogP contribution < -0.4 is 10.2 Å². The number of fused-ring (bicyclic) bond motifs is 1. The topological polar surface area (TPSA) is 76.5 Å². The van der Waals surface area contributed by atoms with Gasteiger partial charge < -0.3 is 10.1 Å². The van der Waals surface area contributed by atoms with Gasteiger partial charge >= 0.3 is 0 Å². The number of nitrogens with one attached hydrogen (secondary N) is 1. The molecular formula is C28H27ClN4O3S2. The minimum atomic E-state index is -0.259. The van der Waals surface area contributed by atoms with Crippen LogP contribution in [0.2, 0.25) is 5.02 Å². The minimum absolute atomic E-state index is 0.121. The first-order chi connectivity index (χ1) is 18.5. The third kappa shape index (κ3) is 5.51. The number of ether oxygens (including phenoxy) is 1. The molecule has 196 valence electrons. The van der Waals surface area contributed by atoms with E-state index in [0.29, 0.717) is 24.0 Å². The summed E-state index contributed by atoms with van der Waals surface area (Å²) in [5.41, 5.74) is 5.55. The number of anilines is 1. The van der Waals surface area contributed by atoms with Crippen LogP contribution in [0.25, 0.3) is 16.9 Å². The zero-order valence-electron chi connectivity index (χ0n) is 21.0. The number of hydrogen-bond acceptors (Lipinski definition) is 6. The van der Waals surface area contributed by atoms with Crippen LogP contribution in [0, 0.1) is 6.92 Å². The summed E-state index contributed by atoms with van der Waals surface area (Å²) < 4.78 is 6.86. The lowest BCUT2D eigenvalue weighted by molar-refractivity contribution is -0.123. The number of thiophene rings is 1. The minimum Gasteiger partial charge on any atom is -0.383 e. The van der Waals surface area contributed by atoms with E-state index in [1.165, 1.54) is 0 Å². The molecule has 0 unspecified atom stereocenters. The van der Waals surface area contributed by atoms with Crippen LogP contribution in [0.15, 0.2) is 65.4 Å². The molecule has 1 aliphatic rings. The molecule has 1 atom stereocenters. The number of halogens is 1. The number of amides is 2. The van der Waals surface area contributed by atoms with Gasteiger partial charge in [0.25, 0.3) is 0 Å². The molecule has 0 saturated carbocycles. The molecule has 0 spiro atoms. The van der Waals surface area contributed by atoms with Gasteiger partial charge in [0.05, 0.1) is 29.0 Å². The highest BCUT2D eigenvalue weighted by Crippen LogP contribution is 2.49. The van der Waals surface area contributed by atoms with Gasteiger partial charge in [-0.25, -0.2) is 4.68 Å². The second kappa shape index (κ2) is 11.7. The molecule has 0 radical (unpaired) electrons. The van der Waals surface area contributed by atoms with E-state index in [1.807, 2.05) is 60.8 Å². The Balaban J connectivity index is 1.73. The molecule has 1 aliphatic heterocycles. The van der Waals surface area contributed by atoms with Gasteiger partial charge in [-0.15, -0.1) is 11.8 Å². The average Bonchev–Trinajstić information content (AvgIpc) is 3.55. The molecule has 10 heteroatoms. The van der Waals surface area contributed by atoms with Gasteiger partial charge in [0.15, 0.2) is 0 Å². The Morgan fingerprint density at radius 1 is 1.16 bits per heavy atom. The number of thioether (sulfide) groups is 1. The fourth-order valence-corrected chi connectivity index (χ4v) is 6.47. The molecule has 38 heavy (non-hydrogen) atoms. The Kier molecular flexibility index (Phi) is 8.18. The molecule has 0 bridgehead atoms. The number of rotatable bonds is 8. The van der Waals surface area contributed by atoms with Gasteiger partial charge in [-0.1, -0.05) is 41.4 Å². The zero-order valence-corrected chi connectivity index (χ0v) is 23.4. The summed E-state index contributed by atoms with van der Waals surface area (Å²) in [6.07, 6.45) is 0. The number of aryl methyl sites for hydroxylation is 1. The first kappa shape index (κ1) is 26.5. The van der Waals surface area contributed by atoms with Crippen molar-refractivity contribution in [2.75, 3.05) is 37.5 Å². The molecule has 5 rings (SSSR count). The fraction of sp³-hybridized carbons (Fsp3) is 0.250. The monoisotopic (exact) mass is 566 g/mol. The zero-order chi connectivity index (χ0) is 26.6. The lowest BCUT2D eigenvalue weighted by atomic mass is 10.0. The first-order valence-electron chi connectivity index (χ1n) is 12.1. The summed E-state index contributed by atoms with van der Waals surface area (Å²) in [5.74, 6) is 0.429. The van der Waals surface area contributed by atoms with Crippen molar-refractivity contribution in [2.24, 2.45) is 0 Å². The smallest absolute Gasteiger partial charge is 0.240 e. The van der Waals surface area contributed by atoms with Gasteiger partial charge in [-0.05, 0) is 53.6 Å². The number of aromatic nitrogens is 2. The highest BCUT2D eigenvalue weighted by Gasteiger charge is 2.37. The molecule has 0 saturated heterocycles. The largest absolute Gasteiger partial charge is 0.383 e. The van der Waals surface area contributed by atoms with Crippen LogP contribution in [-0.2, 0) is 14.3 Å². The second-order valence-corrected chi connectivity index (χ2v) is 11.2. The van der Waals surface area contributed by atoms with Crippen molar-refractivity contribution in [3.63, 3.8) is 0 Å². The number of hydrogen-bond donors (Lipinski definition) is 1. The van der Waals surface area contributed by atoms with Crippen molar-refractivity contribution < 1.29 is 14.3 Å². The molecule has 1 N–H and O–H groups in total. The van der Waals surface area contributed by atoms with Crippen molar-refractivity contribution in [3.8, 4) is 16.9 Å². The maximum absolute atomic E-state index is 13.6. The van der Waals surface area contributed by atoms with Crippen LogP contribution >= 0.6 is 34.7 Å². The van der Waals surface area contributed by atoms with Gasteiger partial charge in [-0.3, -0.25) is 14.5 Å². The highest BCUT2D eigenvalue weighted by molar-refractivity contribution is 8.00. The van der Waals surface area contributed by atoms with Crippen LogP contribution in [-0.4, -0.2) is 54.2 Å². The molecule has 2 aromatic heterocycles. The van der Waals surface area contributed by atoms with Gasteiger partial charge in [-0.2, -0.15) is 16.4 Å². The standard InChI is InChI=1S/C28H27ClN4O3S2/c1-18-3-9-22(10-4-18)33-28-25(26(31-33)19-5-7-21(29)8-6-19)27(20-11-14-37-16-20)38-17-24(35)32(28)15-23(34)30-12-13-36-2/h3-11,14,16,27H,12-13,15,17H2,1-2H3,(H,30,34)/t27-/m1/s1. The molecule has 7 nitrogen and oxygen atoms in total. The Hall–Kier alpha value is -3.11. The molecule has 0 aliphatic carbocycles. The predicted octanol–water partition coefficient (Wildman–Crippen LogP) is 5.49. The molecule has 2 amide bonds. The summed E-state index contributed by atoms with van der Waals surface area (Å²) in [4.78, 5) is 28.2. The van der Waals surface area contributed by atoms with Crippen molar-refractivity contribution >= 4 is 52.3 Å². The van der Waals surface area contributed by atoms with Crippen LogP contribution in [0.5, 0.6) is 0 Å². The molecule has 0 fully saturated rings. The number of carbonyl (C=O) groups is 2. The van der Waals surface area contributed by atoms with E-state index in [4.69, 9.17) is 21.4 Å². The lowest BCUT2D eigenvalue weighted by Crippen LogP contribution is -2.43. The third-order valence-electron chi connectivity index (χ3n) is 6.26. The van der Waals surface area contributed by atoms with E-state index in [2.05, 4.69) is 16.8 Å². The fourth-order valence-electron chi connectivity index (χ4n) is 4.39. The molecular weight excluding hydrogens is 540 g/mol.